The molecule has 2 N–H and O–H groups in total. The molecule has 0 saturated heterocycles. The zero-order chi connectivity index (χ0) is 15.1. The number of hydrogen-bond acceptors (Lipinski definition) is 4. The highest BCUT2D eigenvalue weighted by atomic mass is 35.5. The van der Waals surface area contributed by atoms with Gasteiger partial charge in [0.05, 0.1) is 23.9 Å². The zero-order valence-electron chi connectivity index (χ0n) is 12.6. The second-order valence-electron chi connectivity index (χ2n) is 5.46. The van der Waals surface area contributed by atoms with Crippen LogP contribution in [0.2, 0.25) is 5.02 Å². The third-order valence-electron chi connectivity index (χ3n) is 3.99. The number of hydrogen-bond donors (Lipinski definition) is 2. The van der Waals surface area contributed by atoms with Gasteiger partial charge in [0.2, 0.25) is 0 Å². The number of aliphatic hydroxyl groups is 1. The molecule has 118 valence electrons. The van der Waals surface area contributed by atoms with Gasteiger partial charge >= 0.3 is 0 Å². The van der Waals surface area contributed by atoms with Crippen molar-refractivity contribution in [2.45, 2.75) is 31.8 Å². The fourth-order valence-electron chi connectivity index (χ4n) is 2.61. The Kier molecular flexibility index (Phi) is 6.77. The molecule has 0 radical (unpaired) electrons. The van der Waals surface area contributed by atoms with Crippen LogP contribution in [-0.2, 0) is 11.3 Å². The minimum atomic E-state index is 0.160. The van der Waals surface area contributed by atoms with Crippen LogP contribution in [0.3, 0.4) is 0 Å². The van der Waals surface area contributed by atoms with Crippen LogP contribution < -0.4 is 10.2 Å². The van der Waals surface area contributed by atoms with E-state index in [0.29, 0.717) is 19.2 Å². The van der Waals surface area contributed by atoms with E-state index in [1.807, 2.05) is 6.07 Å². The molecule has 0 heterocycles. The minimum absolute atomic E-state index is 0.160. The van der Waals surface area contributed by atoms with Crippen LogP contribution in [0.5, 0.6) is 0 Å². The average Bonchev–Trinajstić information content (AvgIpc) is 2.41. The summed E-state index contributed by atoms with van der Waals surface area (Å²) in [5.41, 5.74) is 2.20. The van der Waals surface area contributed by atoms with Crippen molar-refractivity contribution in [3.05, 3.63) is 28.8 Å². The van der Waals surface area contributed by atoms with E-state index < -0.39 is 0 Å². The fraction of sp³-hybridized carbons (Fsp3) is 0.625. The first-order valence-electron chi connectivity index (χ1n) is 7.62. The van der Waals surface area contributed by atoms with Gasteiger partial charge in [0.1, 0.15) is 0 Å². The molecule has 0 unspecified atom stereocenters. The van der Waals surface area contributed by atoms with Crippen molar-refractivity contribution in [2.75, 3.05) is 38.3 Å². The summed E-state index contributed by atoms with van der Waals surface area (Å²) in [5, 5.41) is 13.3. The molecule has 1 aromatic rings. The van der Waals surface area contributed by atoms with Gasteiger partial charge in [0.15, 0.2) is 0 Å². The second kappa shape index (κ2) is 8.59. The molecule has 21 heavy (non-hydrogen) atoms. The maximum Gasteiger partial charge on any atom is 0.0642 e. The first kappa shape index (κ1) is 16.6. The summed E-state index contributed by atoms with van der Waals surface area (Å²) < 4.78 is 5.01. The molecule has 0 amide bonds. The Balaban J connectivity index is 1.99. The number of nitrogens with one attached hydrogen (secondary N) is 1. The van der Waals surface area contributed by atoms with E-state index >= 15 is 0 Å². The molecule has 1 aliphatic rings. The largest absolute Gasteiger partial charge is 0.395 e. The maximum absolute atomic E-state index is 9.27. The Morgan fingerprint density at radius 1 is 1.43 bits per heavy atom. The van der Waals surface area contributed by atoms with Crippen LogP contribution in [0.1, 0.15) is 24.8 Å². The van der Waals surface area contributed by atoms with Crippen LogP contribution in [0.15, 0.2) is 18.2 Å². The van der Waals surface area contributed by atoms with E-state index in [2.05, 4.69) is 22.3 Å². The molecule has 1 saturated carbocycles. The second-order valence-corrected chi connectivity index (χ2v) is 5.86. The van der Waals surface area contributed by atoms with Crippen LogP contribution >= 0.6 is 11.6 Å². The number of anilines is 1. The Morgan fingerprint density at radius 3 is 2.81 bits per heavy atom. The van der Waals surface area contributed by atoms with E-state index in [9.17, 15) is 5.11 Å². The molecule has 4 nitrogen and oxygen atoms in total. The van der Waals surface area contributed by atoms with E-state index in [0.717, 1.165) is 29.4 Å². The van der Waals surface area contributed by atoms with Gasteiger partial charge < -0.3 is 20.1 Å². The smallest absolute Gasteiger partial charge is 0.0642 e. The molecular weight excluding hydrogens is 288 g/mol. The molecule has 2 rings (SSSR count). The van der Waals surface area contributed by atoms with Gasteiger partial charge in [-0.15, -0.1) is 0 Å². The number of halogens is 1. The standard InChI is InChI=1S/C16H25ClN2O2/c1-21-10-7-18-12-13-5-6-16(15(17)11-13)19(8-9-20)14-3-2-4-14/h5-6,11,14,18,20H,2-4,7-10,12H2,1H3. The summed E-state index contributed by atoms with van der Waals surface area (Å²) in [6, 6.07) is 6.72. The van der Waals surface area contributed by atoms with Crippen LogP contribution in [0, 0.1) is 0 Å². The van der Waals surface area contributed by atoms with Crippen molar-refractivity contribution in [3.63, 3.8) is 0 Å². The molecule has 0 atom stereocenters. The summed E-state index contributed by atoms with van der Waals surface area (Å²) in [6.07, 6.45) is 3.65. The number of methoxy groups -OCH3 is 1. The van der Waals surface area contributed by atoms with Crippen LogP contribution in [0.25, 0.3) is 0 Å². The van der Waals surface area contributed by atoms with Crippen molar-refractivity contribution >= 4 is 17.3 Å². The van der Waals surface area contributed by atoms with Crippen LogP contribution in [-0.4, -0.2) is 44.6 Å². The van der Waals surface area contributed by atoms with Crippen molar-refractivity contribution < 1.29 is 9.84 Å². The summed E-state index contributed by atoms with van der Waals surface area (Å²) >= 11 is 6.45. The first-order chi connectivity index (χ1) is 10.3. The predicted molar refractivity (Wildman–Crippen MR) is 87.1 cm³/mol. The Hall–Kier alpha value is -0.810. The van der Waals surface area contributed by atoms with Crippen molar-refractivity contribution in [1.29, 1.82) is 0 Å². The van der Waals surface area contributed by atoms with E-state index in [4.69, 9.17) is 16.3 Å². The fourth-order valence-corrected chi connectivity index (χ4v) is 2.92. The topological polar surface area (TPSA) is 44.7 Å². The first-order valence-corrected chi connectivity index (χ1v) is 7.99. The lowest BCUT2D eigenvalue weighted by molar-refractivity contribution is 0.199. The number of nitrogens with zero attached hydrogens (tertiary/aromatic N) is 1. The molecule has 0 aliphatic heterocycles. The highest BCUT2D eigenvalue weighted by molar-refractivity contribution is 6.33. The molecule has 0 aromatic heterocycles. The average molecular weight is 313 g/mol. The Bertz CT molecular complexity index is 438. The number of rotatable bonds is 9. The summed E-state index contributed by atoms with van der Waals surface area (Å²) in [5.74, 6) is 0. The highest BCUT2D eigenvalue weighted by Crippen LogP contribution is 2.34. The van der Waals surface area contributed by atoms with Crippen molar-refractivity contribution in [3.8, 4) is 0 Å². The molecule has 1 aliphatic carbocycles. The van der Waals surface area contributed by atoms with Gasteiger partial charge in [-0.1, -0.05) is 17.7 Å². The summed E-state index contributed by atoms with van der Waals surface area (Å²) in [6.45, 7) is 3.13. The lowest BCUT2D eigenvalue weighted by Crippen LogP contribution is -2.42. The number of ether oxygens (including phenoxy) is 1. The van der Waals surface area contributed by atoms with Gasteiger partial charge in [-0.2, -0.15) is 0 Å². The zero-order valence-corrected chi connectivity index (χ0v) is 13.4. The maximum atomic E-state index is 9.27. The lowest BCUT2D eigenvalue weighted by atomic mass is 9.91. The quantitative estimate of drug-likeness (QED) is 0.687. The van der Waals surface area contributed by atoms with Crippen molar-refractivity contribution in [2.24, 2.45) is 0 Å². The third-order valence-corrected chi connectivity index (χ3v) is 4.29. The van der Waals surface area contributed by atoms with E-state index in [1.54, 1.807) is 7.11 Å². The van der Waals surface area contributed by atoms with Gasteiger partial charge in [-0.05, 0) is 37.0 Å². The summed E-state index contributed by atoms with van der Waals surface area (Å²) in [7, 11) is 1.70. The Morgan fingerprint density at radius 2 is 2.24 bits per heavy atom. The SMILES string of the molecule is COCCNCc1ccc(N(CCO)C2CCC2)c(Cl)c1. The van der Waals surface area contributed by atoms with Gasteiger partial charge in [0, 0.05) is 32.8 Å². The van der Waals surface area contributed by atoms with E-state index in [-0.39, 0.29) is 6.61 Å². The van der Waals surface area contributed by atoms with Crippen LogP contribution in [0.4, 0.5) is 5.69 Å². The number of benzene rings is 1. The molecule has 1 aromatic carbocycles. The minimum Gasteiger partial charge on any atom is -0.395 e. The monoisotopic (exact) mass is 312 g/mol. The predicted octanol–water partition coefficient (Wildman–Crippen LogP) is 2.43. The van der Waals surface area contributed by atoms with Gasteiger partial charge in [0.25, 0.3) is 0 Å². The van der Waals surface area contributed by atoms with Gasteiger partial charge in [-0.3, -0.25) is 0 Å². The number of aliphatic hydroxyl groups excluding tert-OH is 1. The third kappa shape index (κ3) is 4.58. The Labute approximate surface area is 132 Å². The molecule has 1 fully saturated rings. The van der Waals surface area contributed by atoms with Crippen molar-refractivity contribution in [1.82, 2.24) is 5.32 Å². The highest BCUT2D eigenvalue weighted by Gasteiger charge is 2.26. The molecular formula is C16H25ClN2O2. The normalized spacial score (nSPS) is 15.0. The molecule has 0 bridgehead atoms. The molecule has 5 heteroatoms. The lowest BCUT2D eigenvalue weighted by Gasteiger charge is -2.39. The van der Waals surface area contributed by atoms with E-state index in [1.165, 1.54) is 19.3 Å². The summed E-state index contributed by atoms with van der Waals surface area (Å²) in [4.78, 5) is 2.24. The molecule has 0 spiro atoms. The van der Waals surface area contributed by atoms with Gasteiger partial charge in [-0.25, -0.2) is 0 Å².